The summed E-state index contributed by atoms with van der Waals surface area (Å²) in [6.45, 7) is 2.67. The Morgan fingerprint density at radius 3 is 1.57 bits per heavy atom. The average molecular weight is 483 g/mol. The highest BCUT2D eigenvalue weighted by Crippen LogP contribution is 2.49. The molecule has 0 bridgehead atoms. The van der Waals surface area contributed by atoms with E-state index in [0.29, 0.717) is 0 Å². The number of aliphatic hydroxyl groups excluding tert-OH is 3. The van der Waals surface area contributed by atoms with Gasteiger partial charge in [-0.05, 0) is 30.5 Å². The Kier molecular flexibility index (Phi) is 6.60. The van der Waals surface area contributed by atoms with Gasteiger partial charge in [0.05, 0.1) is 0 Å². The Hall–Kier alpha value is -2.66. The summed E-state index contributed by atoms with van der Waals surface area (Å²) < 4.78 is 11.1. The Balaban J connectivity index is 1.86. The topological polar surface area (TPSA) is 140 Å². The third-order valence-electron chi connectivity index (χ3n) is 6.32. The van der Waals surface area contributed by atoms with Crippen molar-refractivity contribution in [3.63, 3.8) is 0 Å². The Bertz CT molecular complexity index is 1080. The van der Waals surface area contributed by atoms with Gasteiger partial charge in [0.15, 0.2) is 11.9 Å². The van der Waals surface area contributed by atoms with Crippen LogP contribution in [0.15, 0.2) is 91.0 Å². The van der Waals surface area contributed by atoms with Crippen LogP contribution in [0.2, 0.25) is 0 Å². The molecule has 1 aliphatic rings. The molecule has 0 aliphatic carbocycles. The lowest BCUT2D eigenvalue weighted by molar-refractivity contribution is -0.516. The number of aliphatic hydroxyl groups is 6. The average Bonchev–Trinajstić information content (AvgIpc) is 2.87. The number of rotatable bonds is 6. The highest BCUT2D eigenvalue weighted by molar-refractivity contribution is 5.39. The first kappa shape index (κ1) is 25.4. The third kappa shape index (κ3) is 4.29. The van der Waals surface area contributed by atoms with Gasteiger partial charge < -0.3 is 40.1 Å². The van der Waals surface area contributed by atoms with Crippen LogP contribution in [0.25, 0.3) is 0 Å². The van der Waals surface area contributed by atoms with Crippen LogP contribution >= 0.6 is 0 Å². The van der Waals surface area contributed by atoms with E-state index in [9.17, 15) is 30.6 Å². The molecule has 1 aliphatic heterocycles. The lowest BCUT2D eigenvalue weighted by atomic mass is 9.75. The van der Waals surface area contributed by atoms with Crippen LogP contribution in [-0.4, -0.2) is 60.2 Å². The standard InChI is InChI=1S/C27H30O8/c1-24(2)34-26(32,21(28)18-12-6-3-7-13-18)23(30)27(33,35-24)22(29)25(31,19-14-8-4-9-15-19)20-16-10-5-11-17-20/h3-17,21-23,28-33H,1-2H3/t21-,22-,23+,26-,27-/m1/s1. The first-order valence-corrected chi connectivity index (χ1v) is 11.2. The van der Waals surface area contributed by atoms with Crippen LogP contribution in [0, 0.1) is 0 Å². The van der Waals surface area contributed by atoms with Crippen molar-refractivity contribution in [3.8, 4) is 0 Å². The SMILES string of the molecule is CC1(C)O[C@](O)([C@H](O)c2ccccc2)[C@H](O)[C@@](O)([C@H](O)C(O)(c2ccccc2)c2ccccc2)O1. The van der Waals surface area contributed by atoms with Gasteiger partial charge in [0.1, 0.15) is 17.8 Å². The first-order chi connectivity index (χ1) is 16.4. The van der Waals surface area contributed by atoms with Gasteiger partial charge in [-0.2, -0.15) is 0 Å². The molecule has 3 aromatic carbocycles. The molecule has 1 saturated heterocycles. The zero-order valence-electron chi connectivity index (χ0n) is 19.4. The molecule has 1 fully saturated rings. The van der Waals surface area contributed by atoms with Crippen LogP contribution in [0.3, 0.4) is 0 Å². The van der Waals surface area contributed by atoms with Crippen LogP contribution in [0.5, 0.6) is 0 Å². The first-order valence-electron chi connectivity index (χ1n) is 11.2. The number of hydrogen-bond acceptors (Lipinski definition) is 8. The number of benzene rings is 3. The van der Waals surface area contributed by atoms with E-state index in [-0.39, 0.29) is 16.7 Å². The number of ether oxygens (including phenoxy) is 2. The summed E-state index contributed by atoms with van der Waals surface area (Å²) in [4.78, 5) is 0. The van der Waals surface area contributed by atoms with Crippen molar-refractivity contribution >= 4 is 0 Å². The van der Waals surface area contributed by atoms with Gasteiger partial charge in [-0.1, -0.05) is 91.0 Å². The predicted octanol–water partition coefficient (Wildman–Crippen LogP) is 1.54. The minimum atomic E-state index is -3.01. The number of hydrogen-bond donors (Lipinski definition) is 6. The van der Waals surface area contributed by atoms with Crippen LogP contribution in [0.1, 0.15) is 36.6 Å². The maximum atomic E-state index is 12.0. The van der Waals surface area contributed by atoms with Crippen molar-refractivity contribution < 1.29 is 40.1 Å². The summed E-state index contributed by atoms with van der Waals surface area (Å²) in [6.07, 6.45) is -6.53. The molecule has 186 valence electrons. The molecule has 1 heterocycles. The molecule has 4 rings (SSSR count). The summed E-state index contributed by atoms with van der Waals surface area (Å²) in [5.74, 6) is -7.65. The molecule has 0 aromatic heterocycles. The Morgan fingerprint density at radius 1 is 0.714 bits per heavy atom. The fraction of sp³-hybridized carbons (Fsp3) is 0.333. The maximum absolute atomic E-state index is 12.0. The lowest BCUT2D eigenvalue weighted by Crippen LogP contribution is -2.76. The summed E-state index contributed by atoms with van der Waals surface area (Å²) in [5.41, 5.74) is -1.73. The largest absolute Gasteiger partial charge is 0.384 e. The molecule has 5 atom stereocenters. The van der Waals surface area contributed by atoms with Gasteiger partial charge in [-0.15, -0.1) is 0 Å². The molecule has 0 spiro atoms. The van der Waals surface area contributed by atoms with E-state index in [1.807, 2.05) is 0 Å². The van der Waals surface area contributed by atoms with Gasteiger partial charge in [0.25, 0.3) is 0 Å². The zero-order valence-corrected chi connectivity index (χ0v) is 19.4. The third-order valence-corrected chi connectivity index (χ3v) is 6.32. The van der Waals surface area contributed by atoms with Crippen molar-refractivity contribution in [2.75, 3.05) is 0 Å². The van der Waals surface area contributed by atoms with E-state index in [2.05, 4.69) is 0 Å². The molecule has 35 heavy (non-hydrogen) atoms. The van der Waals surface area contributed by atoms with Gasteiger partial charge in [0.2, 0.25) is 11.6 Å². The second-order valence-electron chi connectivity index (χ2n) is 9.22. The maximum Gasteiger partial charge on any atom is 0.231 e. The van der Waals surface area contributed by atoms with Crippen molar-refractivity contribution in [1.82, 2.24) is 0 Å². The van der Waals surface area contributed by atoms with Crippen molar-refractivity contribution in [2.45, 2.75) is 55.1 Å². The molecule has 0 unspecified atom stereocenters. The quantitative estimate of drug-likeness (QED) is 0.311. The van der Waals surface area contributed by atoms with Crippen molar-refractivity contribution in [3.05, 3.63) is 108 Å². The molecule has 0 amide bonds. The van der Waals surface area contributed by atoms with E-state index >= 15 is 0 Å². The molecule has 8 heteroatoms. The van der Waals surface area contributed by atoms with Crippen LogP contribution in [-0.2, 0) is 15.1 Å². The summed E-state index contributed by atoms with van der Waals surface area (Å²) in [6, 6.07) is 24.1. The smallest absolute Gasteiger partial charge is 0.231 e. The second-order valence-corrected chi connectivity index (χ2v) is 9.22. The van der Waals surface area contributed by atoms with Crippen molar-refractivity contribution in [2.24, 2.45) is 0 Å². The van der Waals surface area contributed by atoms with Crippen LogP contribution in [0.4, 0.5) is 0 Å². The van der Waals surface area contributed by atoms with Gasteiger partial charge in [-0.3, -0.25) is 0 Å². The minimum Gasteiger partial charge on any atom is -0.384 e. The summed E-state index contributed by atoms with van der Waals surface area (Å²) >= 11 is 0. The molecule has 3 aromatic rings. The normalized spacial score (nSPS) is 28.3. The molecule has 0 radical (unpaired) electrons. The lowest BCUT2D eigenvalue weighted by Gasteiger charge is -2.56. The molecular weight excluding hydrogens is 452 g/mol. The van der Waals surface area contributed by atoms with Gasteiger partial charge in [0, 0.05) is 0 Å². The highest BCUT2D eigenvalue weighted by Gasteiger charge is 2.68. The fourth-order valence-electron chi connectivity index (χ4n) is 4.67. The Morgan fingerprint density at radius 2 is 1.11 bits per heavy atom. The van der Waals surface area contributed by atoms with E-state index in [0.717, 1.165) is 0 Å². The van der Waals surface area contributed by atoms with Crippen LogP contribution < -0.4 is 0 Å². The zero-order chi connectivity index (χ0) is 25.5. The van der Waals surface area contributed by atoms with Crippen molar-refractivity contribution in [1.29, 1.82) is 0 Å². The Labute approximate surface area is 203 Å². The van der Waals surface area contributed by atoms with E-state index < -0.39 is 41.3 Å². The van der Waals surface area contributed by atoms with Gasteiger partial charge in [-0.25, -0.2) is 0 Å². The van der Waals surface area contributed by atoms with E-state index in [1.54, 1.807) is 78.9 Å². The second kappa shape index (κ2) is 9.09. The monoisotopic (exact) mass is 482 g/mol. The summed E-state index contributed by atoms with van der Waals surface area (Å²) in [5, 5.41) is 69.0. The molecule has 8 nitrogen and oxygen atoms in total. The molecule has 0 saturated carbocycles. The molecular formula is C27H30O8. The van der Waals surface area contributed by atoms with E-state index in [1.165, 1.54) is 26.0 Å². The van der Waals surface area contributed by atoms with Gasteiger partial charge >= 0.3 is 0 Å². The fourth-order valence-corrected chi connectivity index (χ4v) is 4.67. The summed E-state index contributed by atoms with van der Waals surface area (Å²) in [7, 11) is 0. The van der Waals surface area contributed by atoms with E-state index in [4.69, 9.17) is 9.47 Å². The minimum absolute atomic E-state index is 0.185. The predicted molar refractivity (Wildman–Crippen MR) is 125 cm³/mol. The highest BCUT2D eigenvalue weighted by atomic mass is 16.8. The molecule has 6 N–H and O–H groups in total.